The zero-order valence-corrected chi connectivity index (χ0v) is 12.7. The second-order valence-electron chi connectivity index (χ2n) is 5.17. The fourth-order valence-electron chi connectivity index (χ4n) is 2.05. The number of hydrogen-bond acceptors (Lipinski definition) is 5. The van der Waals surface area contributed by atoms with E-state index in [1.807, 2.05) is 18.5 Å². The number of nitrogens with one attached hydrogen (secondary N) is 1. The number of rotatable bonds is 4. The lowest BCUT2D eigenvalue weighted by atomic mass is 10.1. The SMILES string of the molecule is CC(Nc1cc(C(=O)N(C)C)ccc1N)c1nncn1C. The third kappa shape index (κ3) is 3.13. The van der Waals surface area contributed by atoms with Crippen molar-refractivity contribution in [1.82, 2.24) is 19.7 Å². The molecule has 0 radical (unpaired) electrons. The summed E-state index contributed by atoms with van der Waals surface area (Å²) in [7, 11) is 5.31. The average Bonchev–Trinajstić information content (AvgIpc) is 2.86. The van der Waals surface area contributed by atoms with E-state index in [-0.39, 0.29) is 11.9 Å². The van der Waals surface area contributed by atoms with Crippen molar-refractivity contribution in [3.63, 3.8) is 0 Å². The first-order valence-corrected chi connectivity index (χ1v) is 6.61. The molecule has 1 heterocycles. The molecular weight excluding hydrogens is 268 g/mol. The van der Waals surface area contributed by atoms with Crippen molar-refractivity contribution in [3.8, 4) is 0 Å². The summed E-state index contributed by atoms with van der Waals surface area (Å²) < 4.78 is 1.84. The van der Waals surface area contributed by atoms with Crippen LogP contribution in [0.4, 0.5) is 11.4 Å². The van der Waals surface area contributed by atoms with Crippen LogP contribution in [0, 0.1) is 0 Å². The maximum atomic E-state index is 12.0. The number of carbonyl (C=O) groups is 1. The third-order valence-corrected chi connectivity index (χ3v) is 3.21. The molecule has 0 bridgehead atoms. The Morgan fingerprint density at radius 2 is 2.14 bits per heavy atom. The molecule has 1 aromatic heterocycles. The van der Waals surface area contributed by atoms with Gasteiger partial charge in [0, 0.05) is 26.7 Å². The number of nitrogen functional groups attached to an aromatic ring is 1. The van der Waals surface area contributed by atoms with Gasteiger partial charge in [0.2, 0.25) is 0 Å². The minimum Gasteiger partial charge on any atom is -0.397 e. The van der Waals surface area contributed by atoms with Crippen LogP contribution in [-0.2, 0) is 7.05 Å². The van der Waals surface area contributed by atoms with Gasteiger partial charge in [-0.25, -0.2) is 0 Å². The van der Waals surface area contributed by atoms with E-state index in [1.54, 1.807) is 38.6 Å². The molecule has 112 valence electrons. The van der Waals surface area contributed by atoms with Crippen LogP contribution in [0.5, 0.6) is 0 Å². The van der Waals surface area contributed by atoms with E-state index in [9.17, 15) is 4.79 Å². The standard InChI is InChI=1S/C14H20N6O/c1-9(13-18-16-8-20(13)4)17-12-7-10(5-6-11(12)15)14(21)19(2)3/h5-9,17H,15H2,1-4H3. The first-order valence-electron chi connectivity index (χ1n) is 6.61. The van der Waals surface area contributed by atoms with Crippen LogP contribution in [0.3, 0.4) is 0 Å². The number of amides is 1. The second-order valence-corrected chi connectivity index (χ2v) is 5.17. The van der Waals surface area contributed by atoms with Gasteiger partial charge < -0.3 is 20.5 Å². The molecule has 1 unspecified atom stereocenters. The van der Waals surface area contributed by atoms with Crippen LogP contribution in [0.25, 0.3) is 0 Å². The predicted octanol–water partition coefficient (Wildman–Crippen LogP) is 1.27. The summed E-state index contributed by atoms with van der Waals surface area (Å²) in [4.78, 5) is 13.5. The van der Waals surface area contributed by atoms with Crippen molar-refractivity contribution in [3.05, 3.63) is 35.9 Å². The fourth-order valence-corrected chi connectivity index (χ4v) is 2.05. The summed E-state index contributed by atoms with van der Waals surface area (Å²) in [6.45, 7) is 1.96. The van der Waals surface area contributed by atoms with E-state index in [0.29, 0.717) is 16.9 Å². The van der Waals surface area contributed by atoms with E-state index < -0.39 is 0 Å². The lowest BCUT2D eigenvalue weighted by Gasteiger charge is -2.17. The predicted molar refractivity (Wildman–Crippen MR) is 81.9 cm³/mol. The molecule has 0 saturated heterocycles. The largest absolute Gasteiger partial charge is 0.397 e. The number of nitrogens with two attached hydrogens (primary N) is 1. The molecule has 1 atom stereocenters. The van der Waals surface area contributed by atoms with Crippen LogP contribution in [0.1, 0.15) is 29.1 Å². The zero-order valence-electron chi connectivity index (χ0n) is 12.7. The van der Waals surface area contributed by atoms with Crippen LogP contribution < -0.4 is 11.1 Å². The number of nitrogens with zero attached hydrogens (tertiary/aromatic N) is 4. The minimum absolute atomic E-state index is 0.0654. The van der Waals surface area contributed by atoms with Gasteiger partial charge in [0.1, 0.15) is 6.33 Å². The Labute approximate surface area is 123 Å². The van der Waals surface area contributed by atoms with E-state index in [4.69, 9.17) is 5.73 Å². The molecule has 0 saturated carbocycles. The molecule has 1 aromatic carbocycles. The van der Waals surface area contributed by atoms with Crippen LogP contribution in [0.2, 0.25) is 0 Å². The third-order valence-electron chi connectivity index (χ3n) is 3.21. The first-order chi connectivity index (χ1) is 9.90. The normalized spacial score (nSPS) is 12.0. The van der Waals surface area contributed by atoms with Gasteiger partial charge in [0.25, 0.3) is 5.91 Å². The summed E-state index contributed by atoms with van der Waals surface area (Å²) in [6, 6.07) is 5.12. The lowest BCUT2D eigenvalue weighted by Crippen LogP contribution is -2.22. The van der Waals surface area contributed by atoms with Gasteiger partial charge in [-0.3, -0.25) is 4.79 Å². The summed E-state index contributed by atoms with van der Waals surface area (Å²) in [5.74, 6) is 0.725. The lowest BCUT2D eigenvalue weighted by molar-refractivity contribution is 0.0827. The number of anilines is 2. The molecule has 3 N–H and O–H groups in total. The van der Waals surface area contributed by atoms with Gasteiger partial charge in [-0.2, -0.15) is 0 Å². The number of benzene rings is 1. The maximum Gasteiger partial charge on any atom is 0.253 e. The van der Waals surface area contributed by atoms with Crippen LogP contribution >= 0.6 is 0 Å². The van der Waals surface area contributed by atoms with Crippen molar-refractivity contribution in [2.45, 2.75) is 13.0 Å². The number of aromatic nitrogens is 3. The summed E-state index contributed by atoms with van der Waals surface area (Å²) in [5.41, 5.74) is 7.85. The summed E-state index contributed by atoms with van der Waals surface area (Å²) >= 11 is 0. The van der Waals surface area contributed by atoms with Crippen LogP contribution in [-0.4, -0.2) is 39.7 Å². The Bertz CT molecular complexity index is 649. The molecule has 0 aliphatic rings. The molecular formula is C14H20N6O. The quantitative estimate of drug-likeness (QED) is 0.827. The van der Waals surface area contributed by atoms with Gasteiger partial charge in [0.15, 0.2) is 5.82 Å². The van der Waals surface area contributed by atoms with Crippen molar-refractivity contribution in [2.75, 3.05) is 25.1 Å². The number of carbonyl (C=O) groups excluding carboxylic acids is 1. The highest BCUT2D eigenvalue weighted by atomic mass is 16.2. The Morgan fingerprint density at radius 3 is 2.71 bits per heavy atom. The van der Waals surface area contributed by atoms with E-state index in [2.05, 4.69) is 15.5 Å². The molecule has 21 heavy (non-hydrogen) atoms. The van der Waals surface area contributed by atoms with E-state index in [0.717, 1.165) is 5.82 Å². The maximum absolute atomic E-state index is 12.0. The molecule has 2 aromatic rings. The molecule has 0 spiro atoms. The molecule has 1 amide bonds. The van der Waals surface area contributed by atoms with Gasteiger partial charge in [-0.1, -0.05) is 0 Å². The number of aryl methyl sites for hydroxylation is 1. The zero-order chi connectivity index (χ0) is 15.6. The molecule has 7 heteroatoms. The molecule has 0 aliphatic carbocycles. The van der Waals surface area contributed by atoms with Gasteiger partial charge in [-0.15, -0.1) is 10.2 Å². The highest BCUT2D eigenvalue weighted by Crippen LogP contribution is 2.25. The molecule has 7 nitrogen and oxygen atoms in total. The van der Waals surface area contributed by atoms with Crippen molar-refractivity contribution in [2.24, 2.45) is 7.05 Å². The van der Waals surface area contributed by atoms with Gasteiger partial charge in [-0.05, 0) is 25.1 Å². The monoisotopic (exact) mass is 288 g/mol. The first kappa shape index (κ1) is 14.8. The van der Waals surface area contributed by atoms with Crippen molar-refractivity contribution >= 4 is 17.3 Å². The Kier molecular flexibility index (Phi) is 4.11. The van der Waals surface area contributed by atoms with Crippen molar-refractivity contribution in [1.29, 1.82) is 0 Å². The van der Waals surface area contributed by atoms with Gasteiger partial charge >= 0.3 is 0 Å². The Hall–Kier alpha value is -2.57. The minimum atomic E-state index is -0.0792. The molecule has 0 fully saturated rings. The topological polar surface area (TPSA) is 89.1 Å². The summed E-state index contributed by atoms with van der Waals surface area (Å²) in [6.07, 6.45) is 1.64. The average molecular weight is 288 g/mol. The number of hydrogen-bond donors (Lipinski definition) is 2. The smallest absolute Gasteiger partial charge is 0.253 e. The Balaban J connectivity index is 2.25. The molecule has 2 rings (SSSR count). The van der Waals surface area contributed by atoms with E-state index in [1.165, 1.54) is 4.90 Å². The molecule has 0 aliphatic heterocycles. The highest BCUT2D eigenvalue weighted by Gasteiger charge is 2.15. The van der Waals surface area contributed by atoms with Gasteiger partial charge in [0.05, 0.1) is 17.4 Å². The van der Waals surface area contributed by atoms with Crippen LogP contribution in [0.15, 0.2) is 24.5 Å². The van der Waals surface area contributed by atoms with Crippen molar-refractivity contribution < 1.29 is 4.79 Å². The Morgan fingerprint density at radius 1 is 1.43 bits per heavy atom. The highest BCUT2D eigenvalue weighted by molar-refractivity contribution is 5.95. The summed E-state index contributed by atoms with van der Waals surface area (Å²) in [5, 5.41) is 11.2. The van der Waals surface area contributed by atoms with E-state index >= 15 is 0 Å². The fraction of sp³-hybridized carbons (Fsp3) is 0.357. The second kappa shape index (κ2) is 5.82.